The van der Waals surface area contributed by atoms with Crippen LogP contribution in [-0.2, 0) is 6.42 Å². The molecule has 0 spiro atoms. The zero-order valence-electron chi connectivity index (χ0n) is 11.4. The predicted molar refractivity (Wildman–Crippen MR) is 73.8 cm³/mol. The lowest BCUT2D eigenvalue weighted by Gasteiger charge is -2.09. The molecule has 0 radical (unpaired) electrons. The van der Waals surface area contributed by atoms with Crippen LogP contribution in [0, 0.1) is 12.8 Å². The maximum absolute atomic E-state index is 11.1. The van der Waals surface area contributed by atoms with Crippen LogP contribution in [0.5, 0.6) is 0 Å². The fourth-order valence-corrected chi connectivity index (χ4v) is 2.00. The number of carboxylic acid groups (broad SMARTS) is 1. The number of hydrogen-bond acceptors (Lipinski definition) is 2. The molecule has 0 unspecified atom stereocenters. The van der Waals surface area contributed by atoms with Gasteiger partial charge < -0.3 is 5.11 Å². The minimum atomic E-state index is -0.990. The third-order valence-corrected chi connectivity index (χ3v) is 2.90. The van der Waals surface area contributed by atoms with Crippen molar-refractivity contribution in [3.8, 4) is 5.69 Å². The van der Waals surface area contributed by atoms with Gasteiger partial charge >= 0.3 is 5.97 Å². The van der Waals surface area contributed by atoms with Crippen molar-refractivity contribution in [2.45, 2.75) is 27.2 Å². The van der Waals surface area contributed by atoms with E-state index in [0.29, 0.717) is 5.92 Å². The highest BCUT2D eigenvalue weighted by atomic mass is 16.4. The summed E-state index contributed by atoms with van der Waals surface area (Å²) in [5, 5.41) is 13.3. The van der Waals surface area contributed by atoms with Gasteiger partial charge in [-0.05, 0) is 37.5 Å². The van der Waals surface area contributed by atoms with Crippen LogP contribution in [0.1, 0.15) is 35.6 Å². The van der Waals surface area contributed by atoms with Crippen molar-refractivity contribution in [1.29, 1.82) is 0 Å². The van der Waals surface area contributed by atoms with Crippen molar-refractivity contribution < 1.29 is 9.90 Å². The molecular formula is C15H18N2O2. The molecule has 2 rings (SSSR count). The van der Waals surface area contributed by atoms with E-state index in [9.17, 15) is 4.79 Å². The molecule has 0 saturated carbocycles. The number of hydrogen-bond donors (Lipinski definition) is 1. The molecular weight excluding hydrogens is 240 g/mol. The van der Waals surface area contributed by atoms with Crippen LogP contribution in [0.15, 0.2) is 30.3 Å². The lowest BCUT2D eigenvalue weighted by atomic mass is 10.1. The maximum Gasteiger partial charge on any atom is 0.356 e. The second kappa shape index (κ2) is 5.26. The summed E-state index contributed by atoms with van der Waals surface area (Å²) in [5.74, 6) is -0.543. The van der Waals surface area contributed by atoms with Crippen LogP contribution in [0.3, 0.4) is 0 Å². The molecule has 1 heterocycles. The first-order valence-electron chi connectivity index (χ1n) is 6.36. The molecule has 1 aromatic heterocycles. The van der Waals surface area contributed by atoms with E-state index in [-0.39, 0.29) is 5.69 Å². The lowest BCUT2D eigenvalue weighted by molar-refractivity contribution is 0.0690. The van der Waals surface area contributed by atoms with Gasteiger partial charge in [0.05, 0.1) is 5.69 Å². The summed E-state index contributed by atoms with van der Waals surface area (Å²) >= 11 is 0. The van der Waals surface area contributed by atoms with Crippen molar-refractivity contribution in [1.82, 2.24) is 9.78 Å². The molecule has 0 atom stereocenters. The molecule has 100 valence electrons. The van der Waals surface area contributed by atoms with E-state index >= 15 is 0 Å². The van der Waals surface area contributed by atoms with Gasteiger partial charge in [-0.1, -0.05) is 31.5 Å². The number of aryl methyl sites for hydroxylation is 1. The Morgan fingerprint density at radius 1 is 1.32 bits per heavy atom. The summed E-state index contributed by atoms with van der Waals surface area (Å²) < 4.78 is 1.73. The Balaban J connectivity index is 2.47. The average Bonchev–Trinajstić information content (AvgIpc) is 2.73. The highest BCUT2D eigenvalue weighted by Gasteiger charge is 2.15. The van der Waals surface area contributed by atoms with E-state index in [4.69, 9.17) is 5.11 Å². The largest absolute Gasteiger partial charge is 0.476 e. The number of aromatic carboxylic acids is 1. The zero-order valence-corrected chi connectivity index (χ0v) is 11.4. The SMILES string of the molecule is Cc1ccc(-n2nc(C(=O)O)cc2CC(C)C)cc1. The van der Waals surface area contributed by atoms with Crippen molar-refractivity contribution in [2.75, 3.05) is 0 Å². The summed E-state index contributed by atoms with van der Waals surface area (Å²) in [5.41, 5.74) is 3.08. The monoisotopic (exact) mass is 258 g/mol. The number of aromatic nitrogens is 2. The predicted octanol–water partition coefficient (Wildman–Crippen LogP) is 3.08. The first kappa shape index (κ1) is 13.3. The minimum Gasteiger partial charge on any atom is -0.476 e. The van der Waals surface area contributed by atoms with Gasteiger partial charge in [-0.15, -0.1) is 0 Å². The van der Waals surface area contributed by atoms with Crippen molar-refractivity contribution in [3.63, 3.8) is 0 Å². The van der Waals surface area contributed by atoms with Crippen molar-refractivity contribution in [3.05, 3.63) is 47.3 Å². The molecule has 4 nitrogen and oxygen atoms in total. The highest BCUT2D eigenvalue weighted by Crippen LogP contribution is 2.17. The second-order valence-electron chi connectivity index (χ2n) is 5.17. The van der Waals surface area contributed by atoms with Crippen LogP contribution in [0.4, 0.5) is 0 Å². The third-order valence-electron chi connectivity index (χ3n) is 2.90. The third kappa shape index (κ3) is 3.02. The lowest BCUT2D eigenvalue weighted by Crippen LogP contribution is -2.06. The highest BCUT2D eigenvalue weighted by molar-refractivity contribution is 5.85. The molecule has 4 heteroatoms. The van der Waals surface area contributed by atoms with Crippen LogP contribution in [0.25, 0.3) is 5.69 Å². The van der Waals surface area contributed by atoms with Crippen LogP contribution < -0.4 is 0 Å². The van der Waals surface area contributed by atoms with Crippen LogP contribution in [0.2, 0.25) is 0 Å². The Labute approximate surface area is 112 Å². The molecule has 0 saturated heterocycles. The van der Waals surface area contributed by atoms with Crippen molar-refractivity contribution in [2.24, 2.45) is 5.92 Å². The van der Waals surface area contributed by atoms with Gasteiger partial charge in [0.2, 0.25) is 0 Å². The van der Waals surface area contributed by atoms with E-state index in [1.165, 1.54) is 5.56 Å². The summed E-state index contributed by atoms with van der Waals surface area (Å²) in [7, 11) is 0. The van der Waals surface area contributed by atoms with Gasteiger partial charge in [0, 0.05) is 5.69 Å². The van der Waals surface area contributed by atoms with E-state index < -0.39 is 5.97 Å². The summed E-state index contributed by atoms with van der Waals surface area (Å²) in [4.78, 5) is 11.1. The number of rotatable bonds is 4. The number of carboxylic acids is 1. The molecule has 0 aliphatic heterocycles. The first-order chi connectivity index (χ1) is 8.97. The number of carbonyl (C=O) groups is 1. The van der Waals surface area contributed by atoms with Gasteiger partial charge in [0.25, 0.3) is 0 Å². The van der Waals surface area contributed by atoms with E-state index in [1.807, 2.05) is 31.2 Å². The molecule has 0 bridgehead atoms. The smallest absolute Gasteiger partial charge is 0.356 e. The van der Waals surface area contributed by atoms with E-state index in [0.717, 1.165) is 17.8 Å². The normalized spacial score (nSPS) is 10.9. The maximum atomic E-state index is 11.1. The summed E-state index contributed by atoms with van der Waals surface area (Å²) in [6, 6.07) is 9.56. The Morgan fingerprint density at radius 3 is 2.47 bits per heavy atom. The van der Waals surface area contributed by atoms with Gasteiger partial charge in [-0.3, -0.25) is 0 Å². The molecule has 1 aromatic carbocycles. The zero-order chi connectivity index (χ0) is 14.0. The van der Waals surface area contributed by atoms with Crippen LogP contribution >= 0.6 is 0 Å². The van der Waals surface area contributed by atoms with E-state index in [1.54, 1.807) is 10.7 Å². The standard InChI is InChI=1S/C15H18N2O2/c1-10(2)8-13-9-14(15(18)19)16-17(13)12-6-4-11(3)5-7-12/h4-7,9-10H,8H2,1-3H3,(H,18,19). The van der Waals surface area contributed by atoms with Gasteiger partial charge in [-0.2, -0.15) is 5.10 Å². The average molecular weight is 258 g/mol. The summed E-state index contributed by atoms with van der Waals surface area (Å²) in [6.45, 7) is 6.23. The van der Waals surface area contributed by atoms with E-state index in [2.05, 4.69) is 18.9 Å². The molecule has 0 aliphatic rings. The van der Waals surface area contributed by atoms with Gasteiger partial charge in [0.1, 0.15) is 0 Å². The van der Waals surface area contributed by atoms with Crippen molar-refractivity contribution >= 4 is 5.97 Å². The minimum absolute atomic E-state index is 0.0937. The molecule has 1 N–H and O–H groups in total. The first-order valence-corrected chi connectivity index (χ1v) is 6.36. The Bertz CT molecular complexity index is 583. The number of nitrogens with zero attached hydrogens (tertiary/aromatic N) is 2. The molecule has 2 aromatic rings. The van der Waals surface area contributed by atoms with Gasteiger partial charge in [-0.25, -0.2) is 9.48 Å². The molecule has 0 amide bonds. The quantitative estimate of drug-likeness (QED) is 0.916. The molecule has 0 aliphatic carbocycles. The topological polar surface area (TPSA) is 55.1 Å². The molecule has 0 fully saturated rings. The Hall–Kier alpha value is -2.10. The molecule has 19 heavy (non-hydrogen) atoms. The van der Waals surface area contributed by atoms with Crippen LogP contribution in [-0.4, -0.2) is 20.9 Å². The Kier molecular flexibility index (Phi) is 3.69. The fourth-order valence-electron chi connectivity index (χ4n) is 2.00. The fraction of sp³-hybridized carbons (Fsp3) is 0.333. The van der Waals surface area contributed by atoms with Gasteiger partial charge in [0.15, 0.2) is 5.69 Å². The second-order valence-corrected chi connectivity index (χ2v) is 5.17. The number of benzene rings is 1. The Morgan fingerprint density at radius 2 is 1.95 bits per heavy atom. The summed E-state index contributed by atoms with van der Waals surface area (Å²) in [6.07, 6.45) is 0.800.